The van der Waals surface area contributed by atoms with Gasteiger partial charge in [-0.3, -0.25) is 0 Å². The molecular formula is C16H22N2O. The minimum absolute atomic E-state index is 0.317. The molecule has 1 aliphatic heterocycles. The summed E-state index contributed by atoms with van der Waals surface area (Å²) in [5.74, 6) is 0.923. The van der Waals surface area contributed by atoms with E-state index in [1.54, 1.807) is 7.11 Å². The smallest absolute Gasteiger partial charge is 0.122 e. The lowest BCUT2D eigenvalue weighted by molar-refractivity contribution is 0.222. The first-order valence-electron chi connectivity index (χ1n) is 6.92. The first kappa shape index (κ1) is 13.9. The van der Waals surface area contributed by atoms with Gasteiger partial charge >= 0.3 is 0 Å². The fourth-order valence-electron chi connectivity index (χ4n) is 2.82. The molecular weight excluding hydrogens is 236 g/mol. The monoisotopic (exact) mass is 258 g/mol. The van der Waals surface area contributed by atoms with E-state index in [1.807, 2.05) is 6.07 Å². The van der Waals surface area contributed by atoms with Crippen LogP contribution in [0.5, 0.6) is 5.75 Å². The molecule has 0 spiro atoms. The SMILES string of the molecule is CCc1cc(C2(C#N)CCN(C)CC2)ccc1OC. The number of methoxy groups -OCH3 is 1. The van der Waals surface area contributed by atoms with Crippen molar-refractivity contribution in [3.05, 3.63) is 29.3 Å². The van der Waals surface area contributed by atoms with Crippen molar-refractivity contribution in [3.8, 4) is 11.8 Å². The molecule has 0 amide bonds. The molecule has 0 N–H and O–H groups in total. The normalized spacial score (nSPS) is 18.8. The van der Waals surface area contributed by atoms with Gasteiger partial charge in [0.15, 0.2) is 0 Å². The third kappa shape index (κ3) is 2.59. The zero-order valence-corrected chi connectivity index (χ0v) is 12.1. The van der Waals surface area contributed by atoms with Crippen LogP contribution in [0.4, 0.5) is 0 Å². The molecule has 2 rings (SSSR count). The number of piperidine rings is 1. The van der Waals surface area contributed by atoms with Crippen LogP contribution >= 0.6 is 0 Å². The third-order valence-corrected chi connectivity index (χ3v) is 4.27. The average molecular weight is 258 g/mol. The van der Waals surface area contributed by atoms with E-state index in [2.05, 4.69) is 37.1 Å². The minimum Gasteiger partial charge on any atom is -0.496 e. The van der Waals surface area contributed by atoms with Gasteiger partial charge in [0.25, 0.3) is 0 Å². The van der Waals surface area contributed by atoms with Crippen molar-refractivity contribution in [1.29, 1.82) is 5.26 Å². The molecule has 1 saturated heterocycles. The Morgan fingerprint density at radius 1 is 1.37 bits per heavy atom. The molecule has 1 aromatic carbocycles. The summed E-state index contributed by atoms with van der Waals surface area (Å²) in [5.41, 5.74) is 2.03. The quantitative estimate of drug-likeness (QED) is 0.836. The molecule has 3 nitrogen and oxygen atoms in total. The highest BCUT2D eigenvalue weighted by Crippen LogP contribution is 2.36. The summed E-state index contributed by atoms with van der Waals surface area (Å²) < 4.78 is 5.37. The third-order valence-electron chi connectivity index (χ3n) is 4.27. The Balaban J connectivity index is 2.37. The molecule has 0 aliphatic carbocycles. The van der Waals surface area contributed by atoms with Crippen LogP contribution in [0.3, 0.4) is 0 Å². The Bertz CT molecular complexity index is 482. The number of nitriles is 1. The number of ether oxygens (including phenoxy) is 1. The van der Waals surface area contributed by atoms with Crippen LogP contribution in [-0.4, -0.2) is 32.1 Å². The molecule has 0 bridgehead atoms. The Hall–Kier alpha value is -1.53. The van der Waals surface area contributed by atoms with Gasteiger partial charge in [-0.1, -0.05) is 19.1 Å². The van der Waals surface area contributed by atoms with Crippen LogP contribution in [-0.2, 0) is 11.8 Å². The summed E-state index contributed by atoms with van der Waals surface area (Å²) in [6.45, 7) is 4.09. The molecule has 0 radical (unpaired) electrons. The standard InChI is InChI=1S/C16H22N2O/c1-4-13-11-14(5-6-15(13)19-3)16(12-17)7-9-18(2)10-8-16/h5-6,11H,4,7-10H2,1-3H3. The first-order valence-corrected chi connectivity index (χ1v) is 6.92. The lowest BCUT2D eigenvalue weighted by atomic mass is 9.73. The molecule has 3 heteroatoms. The van der Waals surface area contributed by atoms with E-state index in [-0.39, 0.29) is 5.41 Å². The van der Waals surface area contributed by atoms with Crippen LogP contribution in [0.1, 0.15) is 30.9 Å². The zero-order valence-electron chi connectivity index (χ0n) is 12.1. The first-order chi connectivity index (χ1) is 9.15. The van der Waals surface area contributed by atoms with Gasteiger partial charge in [-0.2, -0.15) is 5.26 Å². The highest BCUT2D eigenvalue weighted by atomic mass is 16.5. The fourth-order valence-corrected chi connectivity index (χ4v) is 2.82. The maximum atomic E-state index is 9.67. The van der Waals surface area contributed by atoms with Crippen molar-refractivity contribution in [2.75, 3.05) is 27.2 Å². The second-order valence-corrected chi connectivity index (χ2v) is 5.38. The predicted octanol–water partition coefficient (Wildman–Crippen LogP) is 2.74. The van der Waals surface area contributed by atoms with Gasteiger partial charge in [0.05, 0.1) is 18.6 Å². The van der Waals surface area contributed by atoms with Crippen molar-refractivity contribution in [2.45, 2.75) is 31.6 Å². The number of nitrogens with zero attached hydrogens (tertiary/aromatic N) is 2. The fraction of sp³-hybridized carbons (Fsp3) is 0.562. The second kappa shape index (κ2) is 5.63. The number of aryl methyl sites for hydroxylation is 1. The summed E-state index contributed by atoms with van der Waals surface area (Å²) in [4.78, 5) is 2.29. The average Bonchev–Trinajstić information content (AvgIpc) is 2.47. The van der Waals surface area contributed by atoms with Gasteiger partial charge in [-0.15, -0.1) is 0 Å². The molecule has 19 heavy (non-hydrogen) atoms. The van der Waals surface area contributed by atoms with Crippen molar-refractivity contribution in [1.82, 2.24) is 4.90 Å². The zero-order chi connectivity index (χ0) is 13.9. The summed E-state index contributed by atoms with van der Waals surface area (Å²) in [6, 6.07) is 8.80. The van der Waals surface area contributed by atoms with Crippen LogP contribution in [0.15, 0.2) is 18.2 Å². The van der Waals surface area contributed by atoms with Crippen LogP contribution in [0.2, 0.25) is 0 Å². The molecule has 0 saturated carbocycles. The van der Waals surface area contributed by atoms with E-state index in [9.17, 15) is 5.26 Å². The Kier molecular flexibility index (Phi) is 4.11. The number of likely N-dealkylation sites (tertiary alicyclic amines) is 1. The van der Waals surface area contributed by atoms with Crippen LogP contribution in [0, 0.1) is 11.3 Å². The molecule has 0 unspecified atom stereocenters. The molecule has 1 fully saturated rings. The molecule has 1 aromatic rings. The molecule has 102 valence electrons. The summed E-state index contributed by atoms with van der Waals surface area (Å²) in [7, 11) is 3.82. The summed E-state index contributed by atoms with van der Waals surface area (Å²) in [5, 5.41) is 9.67. The number of hydrogen-bond donors (Lipinski definition) is 0. The van der Waals surface area contributed by atoms with Gasteiger partial charge in [-0.05, 0) is 56.6 Å². The Morgan fingerprint density at radius 2 is 2.05 bits per heavy atom. The topological polar surface area (TPSA) is 36.3 Å². The van der Waals surface area contributed by atoms with Crippen molar-refractivity contribution >= 4 is 0 Å². The Morgan fingerprint density at radius 3 is 2.58 bits per heavy atom. The molecule has 0 aromatic heterocycles. The highest BCUT2D eigenvalue weighted by Gasteiger charge is 2.35. The van der Waals surface area contributed by atoms with Crippen molar-refractivity contribution in [3.63, 3.8) is 0 Å². The van der Waals surface area contributed by atoms with Crippen molar-refractivity contribution < 1.29 is 4.74 Å². The second-order valence-electron chi connectivity index (χ2n) is 5.38. The van der Waals surface area contributed by atoms with E-state index >= 15 is 0 Å². The van der Waals surface area contributed by atoms with Crippen LogP contribution in [0.25, 0.3) is 0 Å². The van der Waals surface area contributed by atoms with E-state index in [1.165, 1.54) is 5.56 Å². The number of benzene rings is 1. The van der Waals surface area contributed by atoms with Crippen LogP contribution < -0.4 is 4.74 Å². The molecule has 1 heterocycles. The summed E-state index contributed by atoms with van der Waals surface area (Å²) >= 11 is 0. The highest BCUT2D eigenvalue weighted by molar-refractivity contribution is 5.43. The largest absolute Gasteiger partial charge is 0.496 e. The minimum atomic E-state index is -0.317. The van der Waals surface area contributed by atoms with E-state index in [0.717, 1.165) is 43.7 Å². The summed E-state index contributed by atoms with van der Waals surface area (Å²) in [6.07, 6.45) is 2.75. The van der Waals surface area contributed by atoms with E-state index < -0.39 is 0 Å². The number of rotatable bonds is 3. The Labute approximate surface area is 115 Å². The van der Waals surface area contributed by atoms with E-state index in [4.69, 9.17) is 4.74 Å². The van der Waals surface area contributed by atoms with Gasteiger partial charge in [0.2, 0.25) is 0 Å². The lowest BCUT2D eigenvalue weighted by Gasteiger charge is -2.36. The van der Waals surface area contributed by atoms with Gasteiger partial charge in [-0.25, -0.2) is 0 Å². The molecule has 1 aliphatic rings. The van der Waals surface area contributed by atoms with E-state index in [0.29, 0.717) is 0 Å². The van der Waals surface area contributed by atoms with Crippen molar-refractivity contribution in [2.24, 2.45) is 0 Å². The lowest BCUT2D eigenvalue weighted by Crippen LogP contribution is -2.40. The van der Waals surface area contributed by atoms with Gasteiger partial charge < -0.3 is 9.64 Å². The maximum Gasteiger partial charge on any atom is 0.122 e. The van der Waals surface area contributed by atoms with Gasteiger partial charge in [0.1, 0.15) is 5.75 Å². The predicted molar refractivity (Wildman–Crippen MR) is 76.4 cm³/mol. The number of hydrogen-bond acceptors (Lipinski definition) is 3. The molecule has 0 atom stereocenters. The maximum absolute atomic E-state index is 9.67. The van der Waals surface area contributed by atoms with Gasteiger partial charge in [0, 0.05) is 0 Å².